The summed E-state index contributed by atoms with van der Waals surface area (Å²) < 4.78 is 1.75. The Morgan fingerprint density at radius 2 is 2.06 bits per heavy atom. The molecule has 0 aliphatic rings. The number of aliphatic imine (C=N–C) groups is 1. The number of benzene rings is 1. The van der Waals surface area contributed by atoms with E-state index in [1.54, 1.807) is 17.1 Å². The van der Waals surface area contributed by atoms with E-state index in [1.807, 2.05) is 24.4 Å². The number of fused-ring (bicyclic) bond motifs is 1. The van der Waals surface area contributed by atoms with Crippen LogP contribution >= 0.6 is 24.0 Å². The van der Waals surface area contributed by atoms with E-state index in [-0.39, 0.29) is 24.0 Å². The molecular formula is C23H28IN7. The van der Waals surface area contributed by atoms with Crippen LogP contribution in [0, 0.1) is 6.92 Å². The zero-order valence-corrected chi connectivity index (χ0v) is 20.1. The van der Waals surface area contributed by atoms with Crippen molar-refractivity contribution in [2.75, 3.05) is 13.1 Å². The number of rotatable bonds is 7. The van der Waals surface area contributed by atoms with E-state index in [1.165, 1.54) is 22.0 Å². The average molecular weight is 529 g/mol. The molecular weight excluding hydrogens is 501 g/mol. The van der Waals surface area contributed by atoms with Gasteiger partial charge in [0.1, 0.15) is 0 Å². The maximum absolute atomic E-state index is 4.73. The molecule has 3 N–H and O–H groups in total. The van der Waals surface area contributed by atoms with Crippen LogP contribution in [0.5, 0.6) is 0 Å². The normalized spacial score (nSPS) is 11.4. The minimum Gasteiger partial charge on any atom is -0.361 e. The first-order chi connectivity index (χ1) is 14.7. The second kappa shape index (κ2) is 10.9. The number of hydrogen-bond acceptors (Lipinski definition) is 3. The number of nitrogens with zero attached hydrogens (tertiary/aromatic N) is 4. The van der Waals surface area contributed by atoms with Gasteiger partial charge in [0.2, 0.25) is 0 Å². The van der Waals surface area contributed by atoms with Gasteiger partial charge in [-0.05, 0) is 61.2 Å². The standard InChI is InChI=1S/C23H27N7.HI/c1-3-24-23(26-11-8-19-16-27-21-13-17(2)5-6-20(19)21)28-15-18-7-10-25-22(14-18)30-12-4-9-29-30;/h4-7,9-10,12-14,16,27H,3,8,11,15H2,1-2H3,(H2,24,26,28);1H. The van der Waals surface area contributed by atoms with Crippen LogP contribution in [-0.4, -0.2) is 38.8 Å². The fraction of sp³-hybridized carbons (Fsp3) is 0.261. The number of aromatic amines is 1. The number of halogens is 1. The number of aryl methyl sites for hydroxylation is 1. The van der Waals surface area contributed by atoms with E-state index < -0.39 is 0 Å². The molecule has 0 saturated carbocycles. The molecule has 3 aromatic heterocycles. The Labute approximate surface area is 199 Å². The van der Waals surface area contributed by atoms with Gasteiger partial charge in [-0.3, -0.25) is 0 Å². The molecule has 0 amide bonds. The van der Waals surface area contributed by atoms with Crippen LogP contribution in [0.1, 0.15) is 23.6 Å². The summed E-state index contributed by atoms with van der Waals surface area (Å²) in [4.78, 5) is 12.5. The van der Waals surface area contributed by atoms with Crippen molar-refractivity contribution in [3.05, 3.63) is 77.9 Å². The zero-order chi connectivity index (χ0) is 20.8. The Hall–Kier alpha value is -2.88. The predicted molar refractivity (Wildman–Crippen MR) is 136 cm³/mol. The summed E-state index contributed by atoms with van der Waals surface area (Å²) in [6, 6.07) is 12.4. The van der Waals surface area contributed by atoms with Crippen LogP contribution in [0.15, 0.2) is 66.2 Å². The molecule has 4 aromatic rings. The quantitative estimate of drug-likeness (QED) is 0.192. The number of hydrogen-bond donors (Lipinski definition) is 3. The SMILES string of the molecule is CCNC(=NCc1ccnc(-n2cccn2)c1)NCCc1c[nH]c2cc(C)ccc12.I. The lowest BCUT2D eigenvalue weighted by Gasteiger charge is -2.11. The molecule has 0 aliphatic carbocycles. The lowest BCUT2D eigenvalue weighted by Crippen LogP contribution is -2.38. The van der Waals surface area contributed by atoms with Gasteiger partial charge < -0.3 is 15.6 Å². The Kier molecular flexibility index (Phi) is 8.05. The van der Waals surface area contributed by atoms with Crippen LogP contribution in [0.4, 0.5) is 0 Å². The summed E-state index contributed by atoms with van der Waals surface area (Å²) in [7, 11) is 0. The van der Waals surface area contributed by atoms with E-state index in [0.717, 1.165) is 36.9 Å². The Morgan fingerprint density at radius 3 is 2.87 bits per heavy atom. The van der Waals surface area contributed by atoms with Gasteiger partial charge >= 0.3 is 0 Å². The second-order valence-electron chi connectivity index (χ2n) is 7.21. The molecule has 0 unspecified atom stereocenters. The number of H-pyrrole nitrogens is 1. The number of pyridine rings is 1. The highest BCUT2D eigenvalue weighted by Crippen LogP contribution is 2.19. The van der Waals surface area contributed by atoms with Crippen LogP contribution < -0.4 is 10.6 Å². The highest BCUT2D eigenvalue weighted by atomic mass is 127. The monoisotopic (exact) mass is 529 g/mol. The maximum atomic E-state index is 4.73. The van der Waals surface area contributed by atoms with Crippen molar-refractivity contribution in [3.63, 3.8) is 0 Å². The fourth-order valence-electron chi connectivity index (χ4n) is 3.42. The Morgan fingerprint density at radius 1 is 1.16 bits per heavy atom. The minimum atomic E-state index is 0. The largest absolute Gasteiger partial charge is 0.361 e. The molecule has 0 atom stereocenters. The molecule has 4 rings (SSSR count). The lowest BCUT2D eigenvalue weighted by atomic mass is 10.1. The van der Waals surface area contributed by atoms with Gasteiger partial charge in [-0.1, -0.05) is 12.1 Å². The average Bonchev–Trinajstić information content (AvgIpc) is 3.42. The van der Waals surface area contributed by atoms with Gasteiger partial charge in [-0.15, -0.1) is 24.0 Å². The second-order valence-corrected chi connectivity index (χ2v) is 7.21. The van der Waals surface area contributed by atoms with E-state index in [9.17, 15) is 0 Å². The molecule has 0 saturated heterocycles. The van der Waals surface area contributed by atoms with Crippen molar-refractivity contribution in [1.82, 2.24) is 30.4 Å². The molecule has 0 radical (unpaired) electrons. The summed E-state index contributed by atoms with van der Waals surface area (Å²) in [5, 5.41) is 12.3. The van der Waals surface area contributed by atoms with Crippen LogP contribution in [-0.2, 0) is 13.0 Å². The first-order valence-corrected chi connectivity index (χ1v) is 10.3. The first-order valence-electron chi connectivity index (χ1n) is 10.3. The summed E-state index contributed by atoms with van der Waals surface area (Å²) in [5.74, 6) is 1.60. The lowest BCUT2D eigenvalue weighted by molar-refractivity contribution is 0.800. The van der Waals surface area contributed by atoms with Gasteiger partial charge in [0.25, 0.3) is 0 Å². The molecule has 0 aliphatic heterocycles. The Balaban J connectivity index is 0.00000272. The Bertz CT molecular complexity index is 1130. The molecule has 31 heavy (non-hydrogen) atoms. The van der Waals surface area contributed by atoms with E-state index in [0.29, 0.717) is 6.54 Å². The molecule has 0 fully saturated rings. The van der Waals surface area contributed by atoms with Gasteiger partial charge in [0.05, 0.1) is 6.54 Å². The van der Waals surface area contributed by atoms with Crippen LogP contribution in [0.2, 0.25) is 0 Å². The smallest absolute Gasteiger partial charge is 0.191 e. The number of guanidine groups is 1. The first kappa shape index (κ1) is 22.8. The van der Waals surface area contributed by atoms with Crippen molar-refractivity contribution in [1.29, 1.82) is 0 Å². The summed E-state index contributed by atoms with van der Waals surface area (Å²) in [6.45, 7) is 6.37. The third kappa shape index (κ3) is 5.84. The summed E-state index contributed by atoms with van der Waals surface area (Å²) in [6.07, 6.45) is 8.44. The van der Waals surface area contributed by atoms with Gasteiger partial charge in [0, 0.05) is 48.8 Å². The minimum absolute atomic E-state index is 0. The highest BCUT2D eigenvalue weighted by molar-refractivity contribution is 14.0. The van der Waals surface area contributed by atoms with Crippen LogP contribution in [0.25, 0.3) is 16.7 Å². The van der Waals surface area contributed by atoms with Gasteiger partial charge in [-0.25, -0.2) is 14.7 Å². The zero-order valence-electron chi connectivity index (χ0n) is 17.8. The fourth-order valence-corrected chi connectivity index (χ4v) is 3.42. The topological polar surface area (TPSA) is 82.9 Å². The van der Waals surface area contributed by atoms with Crippen molar-refractivity contribution >= 4 is 40.8 Å². The van der Waals surface area contributed by atoms with Gasteiger partial charge in [-0.2, -0.15) is 5.10 Å². The summed E-state index contributed by atoms with van der Waals surface area (Å²) in [5.41, 5.74) is 4.85. The molecule has 7 nitrogen and oxygen atoms in total. The van der Waals surface area contributed by atoms with Gasteiger partial charge in [0.15, 0.2) is 11.8 Å². The van der Waals surface area contributed by atoms with Crippen molar-refractivity contribution in [2.45, 2.75) is 26.8 Å². The molecule has 8 heteroatoms. The van der Waals surface area contributed by atoms with E-state index in [4.69, 9.17) is 4.99 Å². The third-order valence-electron chi connectivity index (χ3n) is 4.92. The molecule has 162 valence electrons. The summed E-state index contributed by atoms with van der Waals surface area (Å²) >= 11 is 0. The van der Waals surface area contributed by atoms with E-state index >= 15 is 0 Å². The number of nitrogens with one attached hydrogen (secondary N) is 3. The third-order valence-corrected chi connectivity index (χ3v) is 4.92. The van der Waals surface area contributed by atoms with Crippen molar-refractivity contribution in [2.24, 2.45) is 4.99 Å². The number of aromatic nitrogens is 4. The predicted octanol–water partition coefficient (Wildman–Crippen LogP) is 3.97. The van der Waals surface area contributed by atoms with Crippen molar-refractivity contribution in [3.8, 4) is 5.82 Å². The van der Waals surface area contributed by atoms with Crippen molar-refractivity contribution < 1.29 is 0 Å². The molecule has 0 bridgehead atoms. The van der Waals surface area contributed by atoms with Crippen LogP contribution in [0.3, 0.4) is 0 Å². The molecule has 1 aromatic carbocycles. The molecule has 3 heterocycles. The highest BCUT2D eigenvalue weighted by Gasteiger charge is 2.05. The molecule has 0 spiro atoms. The van der Waals surface area contributed by atoms with E-state index in [2.05, 4.69) is 63.9 Å². The maximum Gasteiger partial charge on any atom is 0.191 e.